The number of carbonyl (C=O) groups is 1. The molecule has 1 heterocycles. The highest BCUT2D eigenvalue weighted by Gasteiger charge is 2.24. The van der Waals surface area contributed by atoms with E-state index in [0.717, 1.165) is 11.0 Å². The summed E-state index contributed by atoms with van der Waals surface area (Å²) >= 11 is 5.93. The fraction of sp³-hybridized carbons (Fsp3) is 0.120. The number of hydrogen-bond acceptors (Lipinski definition) is 3. The SMILES string of the molecule is Cc1ccc(N(C(=O)N[C@@H](CO)c2c[nH]c(=O)c3ccccc23)c2ccc(F)c(Cl)c2)cc1F. The zero-order valence-electron chi connectivity index (χ0n) is 18.0. The molecule has 3 aromatic carbocycles. The van der Waals surface area contributed by atoms with E-state index in [1.807, 2.05) is 0 Å². The van der Waals surface area contributed by atoms with Crippen LogP contribution in [0.1, 0.15) is 17.2 Å². The van der Waals surface area contributed by atoms with Crippen molar-refractivity contribution in [3.8, 4) is 0 Å². The van der Waals surface area contributed by atoms with Crippen molar-refractivity contribution in [1.29, 1.82) is 0 Å². The van der Waals surface area contributed by atoms with E-state index in [0.29, 0.717) is 21.9 Å². The van der Waals surface area contributed by atoms with E-state index < -0.39 is 30.3 Å². The van der Waals surface area contributed by atoms with Crippen LogP contribution in [0.5, 0.6) is 0 Å². The monoisotopic (exact) mass is 483 g/mol. The molecular weight excluding hydrogens is 464 g/mol. The number of benzene rings is 3. The first-order valence-corrected chi connectivity index (χ1v) is 10.7. The maximum atomic E-state index is 14.3. The lowest BCUT2D eigenvalue weighted by atomic mass is 10.0. The first-order valence-electron chi connectivity index (χ1n) is 10.3. The zero-order chi connectivity index (χ0) is 24.4. The molecule has 1 aromatic heterocycles. The Balaban J connectivity index is 1.77. The van der Waals surface area contributed by atoms with Crippen LogP contribution < -0.4 is 15.8 Å². The standard InChI is InChI=1S/C25H20ClF2N3O3/c1-14-6-7-16(11-22(14)28)31(15-8-9-21(27)20(26)10-15)25(34)30-23(13-32)19-12-29-24(33)18-5-3-2-4-17(18)19/h2-12,23,32H,13H2,1H3,(H,29,33)(H,30,34)/t23-/m0/s1. The molecule has 0 radical (unpaired) electrons. The topological polar surface area (TPSA) is 85.4 Å². The molecule has 0 aliphatic rings. The highest BCUT2D eigenvalue weighted by Crippen LogP contribution is 2.31. The Morgan fingerprint density at radius 3 is 2.41 bits per heavy atom. The second kappa shape index (κ2) is 9.62. The highest BCUT2D eigenvalue weighted by molar-refractivity contribution is 6.31. The maximum absolute atomic E-state index is 14.3. The van der Waals surface area contributed by atoms with Crippen LogP contribution in [0.4, 0.5) is 25.0 Å². The number of halogens is 3. The Kier molecular flexibility index (Phi) is 6.63. The van der Waals surface area contributed by atoms with Gasteiger partial charge in [-0.3, -0.25) is 9.69 Å². The summed E-state index contributed by atoms with van der Waals surface area (Å²) in [6.07, 6.45) is 1.43. The van der Waals surface area contributed by atoms with Gasteiger partial charge in [0.1, 0.15) is 11.6 Å². The van der Waals surface area contributed by atoms with Crippen molar-refractivity contribution >= 4 is 39.8 Å². The number of nitrogens with zero attached hydrogens (tertiary/aromatic N) is 1. The van der Waals surface area contributed by atoms with Crippen LogP contribution in [-0.2, 0) is 0 Å². The number of aromatic amines is 1. The van der Waals surface area contributed by atoms with Gasteiger partial charge in [0.15, 0.2) is 0 Å². The summed E-state index contributed by atoms with van der Waals surface area (Å²) in [6.45, 7) is 1.10. The number of aromatic nitrogens is 1. The molecule has 0 fully saturated rings. The molecule has 9 heteroatoms. The first-order chi connectivity index (χ1) is 16.3. The van der Waals surface area contributed by atoms with Crippen molar-refractivity contribution in [3.63, 3.8) is 0 Å². The summed E-state index contributed by atoms with van der Waals surface area (Å²) in [4.78, 5) is 29.4. The molecule has 1 atom stereocenters. The minimum absolute atomic E-state index is 0.172. The van der Waals surface area contributed by atoms with Crippen molar-refractivity contribution in [2.75, 3.05) is 11.5 Å². The minimum atomic E-state index is -0.914. The predicted molar refractivity (Wildman–Crippen MR) is 128 cm³/mol. The average molecular weight is 484 g/mol. The molecule has 6 nitrogen and oxygen atoms in total. The lowest BCUT2D eigenvalue weighted by Crippen LogP contribution is -2.40. The zero-order valence-corrected chi connectivity index (χ0v) is 18.7. The normalized spacial score (nSPS) is 11.9. The summed E-state index contributed by atoms with van der Waals surface area (Å²) in [5.74, 6) is -1.21. The van der Waals surface area contributed by atoms with Crippen LogP contribution in [0.2, 0.25) is 5.02 Å². The van der Waals surface area contributed by atoms with Crippen molar-refractivity contribution in [2.24, 2.45) is 0 Å². The fourth-order valence-electron chi connectivity index (χ4n) is 3.68. The molecule has 34 heavy (non-hydrogen) atoms. The first kappa shape index (κ1) is 23.4. The van der Waals surface area contributed by atoms with Gasteiger partial charge >= 0.3 is 6.03 Å². The molecule has 174 valence electrons. The molecular formula is C25H20ClF2N3O3. The van der Waals surface area contributed by atoms with Crippen LogP contribution in [0.25, 0.3) is 10.8 Å². The molecule has 3 N–H and O–H groups in total. The molecule has 4 aromatic rings. The van der Waals surface area contributed by atoms with E-state index in [2.05, 4.69) is 10.3 Å². The van der Waals surface area contributed by atoms with Crippen molar-refractivity contribution in [1.82, 2.24) is 10.3 Å². The number of hydrogen-bond donors (Lipinski definition) is 3. The Morgan fingerprint density at radius 1 is 1.06 bits per heavy atom. The third-order valence-electron chi connectivity index (χ3n) is 5.48. The second-order valence-corrected chi connectivity index (χ2v) is 8.08. The van der Waals surface area contributed by atoms with E-state index in [-0.39, 0.29) is 22.0 Å². The van der Waals surface area contributed by atoms with E-state index in [4.69, 9.17) is 11.6 Å². The summed E-state index contributed by atoms with van der Waals surface area (Å²) in [5, 5.41) is 13.5. The van der Waals surface area contributed by atoms with Crippen molar-refractivity contribution in [3.05, 3.63) is 105 Å². The number of amides is 2. The maximum Gasteiger partial charge on any atom is 0.327 e. The molecule has 2 amide bonds. The number of anilines is 2. The smallest absolute Gasteiger partial charge is 0.327 e. The van der Waals surface area contributed by atoms with E-state index in [1.54, 1.807) is 37.3 Å². The third-order valence-corrected chi connectivity index (χ3v) is 5.76. The predicted octanol–water partition coefficient (Wildman–Crippen LogP) is 5.35. The van der Waals surface area contributed by atoms with Gasteiger partial charge in [0, 0.05) is 17.1 Å². The van der Waals surface area contributed by atoms with Crippen LogP contribution >= 0.6 is 11.6 Å². The van der Waals surface area contributed by atoms with Crippen LogP contribution in [0.15, 0.2) is 71.7 Å². The van der Waals surface area contributed by atoms with Gasteiger partial charge in [-0.2, -0.15) is 0 Å². The summed E-state index contributed by atoms with van der Waals surface area (Å²) in [5.41, 5.74) is 0.925. The second-order valence-electron chi connectivity index (χ2n) is 7.67. The molecule has 0 aliphatic heterocycles. The van der Waals surface area contributed by atoms with Gasteiger partial charge in [0.2, 0.25) is 0 Å². The van der Waals surface area contributed by atoms with Gasteiger partial charge < -0.3 is 15.4 Å². The van der Waals surface area contributed by atoms with Gasteiger partial charge in [-0.05, 0) is 54.3 Å². The molecule has 0 bridgehead atoms. The van der Waals surface area contributed by atoms with Crippen molar-refractivity contribution < 1.29 is 18.7 Å². The van der Waals surface area contributed by atoms with E-state index in [1.165, 1.54) is 30.5 Å². The molecule has 4 rings (SSSR count). The summed E-state index contributed by atoms with van der Waals surface area (Å²) < 4.78 is 28.1. The Hall–Kier alpha value is -3.75. The Labute approximate surface area is 198 Å². The number of aryl methyl sites for hydroxylation is 1. The van der Waals surface area contributed by atoms with Crippen LogP contribution in [0.3, 0.4) is 0 Å². The number of H-pyrrole nitrogens is 1. The molecule has 0 spiro atoms. The van der Waals surface area contributed by atoms with E-state index in [9.17, 15) is 23.5 Å². The molecule has 0 saturated heterocycles. The summed E-state index contributed by atoms with van der Waals surface area (Å²) in [6, 6.07) is 13.1. The van der Waals surface area contributed by atoms with Gasteiger partial charge in [0.25, 0.3) is 5.56 Å². The van der Waals surface area contributed by atoms with Gasteiger partial charge in [-0.25, -0.2) is 13.6 Å². The number of pyridine rings is 1. The average Bonchev–Trinajstić information content (AvgIpc) is 2.83. The largest absolute Gasteiger partial charge is 0.394 e. The fourth-order valence-corrected chi connectivity index (χ4v) is 3.86. The van der Waals surface area contributed by atoms with Crippen LogP contribution in [-0.4, -0.2) is 22.7 Å². The molecule has 0 unspecified atom stereocenters. The summed E-state index contributed by atoms with van der Waals surface area (Å²) in [7, 11) is 0. The van der Waals surface area contributed by atoms with Gasteiger partial charge in [-0.1, -0.05) is 35.9 Å². The lowest BCUT2D eigenvalue weighted by molar-refractivity contribution is 0.223. The number of fused-ring (bicyclic) bond motifs is 1. The quantitative estimate of drug-likeness (QED) is 0.358. The van der Waals surface area contributed by atoms with Crippen molar-refractivity contribution in [2.45, 2.75) is 13.0 Å². The Bertz CT molecular complexity index is 1390. The molecule has 0 saturated carbocycles. The number of aliphatic hydroxyl groups excluding tert-OH is 1. The minimum Gasteiger partial charge on any atom is -0.394 e. The van der Waals surface area contributed by atoms with E-state index >= 15 is 0 Å². The third kappa shape index (κ3) is 4.50. The lowest BCUT2D eigenvalue weighted by Gasteiger charge is -2.27. The number of aliphatic hydroxyl groups is 1. The highest BCUT2D eigenvalue weighted by atomic mass is 35.5. The Morgan fingerprint density at radius 2 is 1.74 bits per heavy atom. The molecule has 0 aliphatic carbocycles. The van der Waals surface area contributed by atoms with Gasteiger partial charge in [0.05, 0.1) is 29.0 Å². The number of rotatable bonds is 5. The van der Waals surface area contributed by atoms with Gasteiger partial charge in [-0.15, -0.1) is 0 Å². The number of nitrogens with one attached hydrogen (secondary N) is 2. The number of urea groups is 1. The van der Waals surface area contributed by atoms with Crippen LogP contribution in [0, 0.1) is 18.6 Å². The number of carbonyl (C=O) groups excluding carboxylic acids is 1.